The molecule has 1 aliphatic rings. The number of amides is 2. The summed E-state index contributed by atoms with van der Waals surface area (Å²) < 4.78 is 40.0. The topological polar surface area (TPSA) is 53.5 Å². The molecule has 1 aliphatic heterocycles. The lowest BCUT2D eigenvalue weighted by Crippen LogP contribution is -2.50. The maximum atomic E-state index is 13.7. The van der Waals surface area contributed by atoms with E-state index in [9.17, 15) is 22.8 Å². The Labute approximate surface area is 141 Å². The highest BCUT2D eigenvalue weighted by molar-refractivity contribution is 5.96. The van der Waals surface area contributed by atoms with Gasteiger partial charge in [-0.1, -0.05) is 0 Å². The van der Waals surface area contributed by atoms with E-state index in [0.29, 0.717) is 17.7 Å². The van der Waals surface area contributed by atoms with Crippen molar-refractivity contribution in [3.8, 4) is 0 Å². The molecule has 0 bridgehead atoms. The summed E-state index contributed by atoms with van der Waals surface area (Å²) >= 11 is 0. The van der Waals surface area contributed by atoms with Crippen molar-refractivity contribution in [3.05, 3.63) is 65.2 Å². The molecule has 25 heavy (non-hydrogen) atoms. The van der Waals surface area contributed by atoms with Crippen LogP contribution in [0.25, 0.3) is 0 Å². The molecule has 0 radical (unpaired) electrons. The Balaban J connectivity index is 1.67. The van der Waals surface area contributed by atoms with Gasteiger partial charge in [-0.25, -0.2) is 13.2 Å². The highest BCUT2D eigenvalue weighted by Crippen LogP contribution is 2.17. The van der Waals surface area contributed by atoms with Crippen molar-refractivity contribution in [2.75, 3.05) is 26.2 Å². The molecule has 8 heteroatoms. The van der Waals surface area contributed by atoms with E-state index in [1.807, 2.05) is 0 Å². The lowest BCUT2D eigenvalue weighted by molar-refractivity contribution is 0.0532. The normalized spacial score (nSPS) is 14.5. The van der Waals surface area contributed by atoms with Crippen molar-refractivity contribution in [2.45, 2.75) is 0 Å². The van der Waals surface area contributed by atoms with Crippen molar-refractivity contribution in [1.82, 2.24) is 14.8 Å². The molecule has 3 rings (SSSR count). The number of nitrogens with zero attached hydrogens (tertiary/aromatic N) is 3. The fourth-order valence-corrected chi connectivity index (χ4v) is 2.65. The fourth-order valence-electron chi connectivity index (χ4n) is 2.65. The second-order valence-electron chi connectivity index (χ2n) is 5.57. The second kappa shape index (κ2) is 6.92. The van der Waals surface area contributed by atoms with E-state index in [4.69, 9.17) is 0 Å². The summed E-state index contributed by atoms with van der Waals surface area (Å²) in [5, 5.41) is 0. The summed E-state index contributed by atoms with van der Waals surface area (Å²) in [5.74, 6) is -4.65. The maximum Gasteiger partial charge on any atom is 0.257 e. The van der Waals surface area contributed by atoms with Crippen molar-refractivity contribution < 1.29 is 22.8 Å². The number of carbonyl (C=O) groups excluding carboxylic acids is 2. The number of piperazine rings is 1. The highest BCUT2D eigenvalue weighted by atomic mass is 19.2. The Morgan fingerprint density at radius 3 is 1.92 bits per heavy atom. The van der Waals surface area contributed by atoms with Crippen molar-refractivity contribution >= 4 is 11.8 Å². The van der Waals surface area contributed by atoms with Crippen LogP contribution in [0.4, 0.5) is 13.2 Å². The zero-order valence-electron chi connectivity index (χ0n) is 13.1. The van der Waals surface area contributed by atoms with Crippen molar-refractivity contribution in [3.63, 3.8) is 0 Å². The van der Waals surface area contributed by atoms with Crippen LogP contribution in [0.3, 0.4) is 0 Å². The minimum Gasteiger partial charge on any atom is -0.335 e. The van der Waals surface area contributed by atoms with E-state index in [1.165, 1.54) is 17.3 Å². The molecule has 0 aliphatic carbocycles. The Kier molecular flexibility index (Phi) is 4.69. The Hall–Kier alpha value is -2.90. The van der Waals surface area contributed by atoms with Gasteiger partial charge in [0.05, 0.1) is 5.56 Å². The molecule has 2 aromatic rings. The van der Waals surface area contributed by atoms with Gasteiger partial charge < -0.3 is 9.80 Å². The number of pyridine rings is 1. The molecule has 1 aromatic heterocycles. The Bertz CT molecular complexity index is 806. The van der Waals surface area contributed by atoms with E-state index in [0.717, 1.165) is 0 Å². The smallest absolute Gasteiger partial charge is 0.257 e. The van der Waals surface area contributed by atoms with Crippen LogP contribution in [0.5, 0.6) is 0 Å². The molecule has 2 heterocycles. The first-order chi connectivity index (χ1) is 12.0. The van der Waals surface area contributed by atoms with Crippen LogP contribution in [0.2, 0.25) is 0 Å². The molecule has 1 aromatic carbocycles. The highest BCUT2D eigenvalue weighted by Gasteiger charge is 2.27. The largest absolute Gasteiger partial charge is 0.335 e. The minimum absolute atomic E-state index is 0.175. The minimum atomic E-state index is -1.35. The molecule has 130 valence electrons. The quantitative estimate of drug-likeness (QED) is 0.781. The number of benzene rings is 1. The van der Waals surface area contributed by atoms with Gasteiger partial charge >= 0.3 is 0 Å². The van der Waals surface area contributed by atoms with Crippen LogP contribution in [-0.4, -0.2) is 52.8 Å². The van der Waals surface area contributed by atoms with Gasteiger partial charge in [-0.3, -0.25) is 14.6 Å². The molecular formula is C17H14F3N3O2. The SMILES string of the molecule is O=C(c1ccncc1)N1CCN(C(=O)c2cc(F)c(F)cc2F)CC1. The summed E-state index contributed by atoms with van der Waals surface area (Å²) in [6, 6.07) is 4.10. The first-order valence-electron chi connectivity index (χ1n) is 7.60. The number of carbonyl (C=O) groups is 2. The second-order valence-corrected chi connectivity index (χ2v) is 5.57. The number of aromatic nitrogens is 1. The van der Waals surface area contributed by atoms with Crippen LogP contribution < -0.4 is 0 Å². The molecule has 2 amide bonds. The van der Waals surface area contributed by atoms with E-state index < -0.39 is 28.9 Å². The average Bonchev–Trinajstić information content (AvgIpc) is 2.64. The summed E-state index contributed by atoms with van der Waals surface area (Å²) in [5.41, 5.74) is -0.0331. The van der Waals surface area contributed by atoms with Crippen LogP contribution in [0.1, 0.15) is 20.7 Å². The molecule has 0 atom stereocenters. The van der Waals surface area contributed by atoms with Crippen LogP contribution in [0.15, 0.2) is 36.7 Å². The summed E-state index contributed by atoms with van der Waals surface area (Å²) in [6.45, 7) is 0.874. The third-order valence-electron chi connectivity index (χ3n) is 4.02. The van der Waals surface area contributed by atoms with Crippen LogP contribution >= 0.6 is 0 Å². The first-order valence-corrected chi connectivity index (χ1v) is 7.60. The first kappa shape index (κ1) is 16.9. The Morgan fingerprint density at radius 2 is 1.32 bits per heavy atom. The van der Waals surface area contributed by atoms with Gasteiger partial charge in [-0.2, -0.15) is 0 Å². The monoisotopic (exact) mass is 349 g/mol. The van der Waals surface area contributed by atoms with Crippen LogP contribution in [-0.2, 0) is 0 Å². The molecule has 1 saturated heterocycles. The predicted molar refractivity (Wildman–Crippen MR) is 82.4 cm³/mol. The fraction of sp³-hybridized carbons (Fsp3) is 0.235. The Morgan fingerprint density at radius 1 is 0.800 bits per heavy atom. The van der Waals surface area contributed by atoms with Crippen LogP contribution in [0, 0.1) is 17.5 Å². The summed E-state index contributed by atoms with van der Waals surface area (Å²) in [7, 11) is 0. The third-order valence-corrected chi connectivity index (χ3v) is 4.02. The number of halogens is 3. The van der Waals surface area contributed by atoms with Gasteiger partial charge in [0, 0.05) is 50.2 Å². The zero-order chi connectivity index (χ0) is 18.0. The van der Waals surface area contributed by atoms with Crippen molar-refractivity contribution in [1.29, 1.82) is 0 Å². The molecule has 0 saturated carbocycles. The number of hydrogen-bond donors (Lipinski definition) is 0. The lowest BCUT2D eigenvalue weighted by atomic mass is 10.1. The van der Waals surface area contributed by atoms with E-state index in [1.54, 1.807) is 17.0 Å². The molecule has 0 N–H and O–H groups in total. The molecule has 5 nitrogen and oxygen atoms in total. The zero-order valence-corrected chi connectivity index (χ0v) is 13.1. The van der Waals surface area contributed by atoms with Gasteiger partial charge in [0.15, 0.2) is 11.6 Å². The molecule has 1 fully saturated rings. The molecule has 0 unspecified atom stereocenters. The van der Waals surface area contributed by atoms with Crippen molar-refractivity contribution in [2.24, 2.45) is 0 Å². The van der Waals surface area contributed by atoms with Gasteiger partial charge in [0.25, 0.3) is 11.8 Å². The van der Waals surface area contributed by atoms with Gasteiger partial charge in [0.1, 0.15) is 5.82 Å². The van der Waals surface area contributed by atoms with E-state index in [2.05, 4.69) is 4.98 Å². The standard InChI is InChI=1S/C17H14F3N3O2/c18-13-10-15(20)14(19)9-12(13)17(25)23-7-5-22(6-8-23)16(24)11-1-3-21-4-2-11/h1-4,9-10H,5-8H2. The molecule has 0 spiro atoms. The summed E-state index contributed by atoms with van der Waals surface area (Å²) in [6.07, 6.45) is 3.03. The van der Waals surface area contributed by atoms with E-state index in [-0.39, 0.29) is 32.1 Å². The number of rotatable bonds is 2. The predicted octanol–water partition coefficient (Wildman–Crippen LogP) is 2.10. The average molecular weight is 349 g/mol. The van der Waals surface area contributed by atoms with Gasteiger partial charge in [0.2, 0.25) is 0 Å². The lowest BCUT2D eigenvalue weighted by Gasteiger charge is -2.34. The number of hydrogen-bond acceptors (Lipinski definition) is 3. The summed E-state index contributed by atoms with van der Waals surface area (Å²) in [4.78, 5) is 31.4. The maximum absolute atomic E-state index is 13.7. The third kappa shape index (κ3) is 3.47. The molecular weight excluding hydrogens is 335 g/mol. The van der Waals surface area contributed by atoms with Gasteiger partial charge in [-0.05, 0) is 18.2 Å². The van der Waals surface area contributed by atoms with Gasteiger partial charge in [-0.15, -0.1) is 0 Å². The van der Waals surface area contributed by atoms with E-state index >= 15 is 0 Å².